The van der Waals surface area contributed by atoms with Crippen LogP contribution in [0.1, 0.15) is 17.7 Å². The van der Waals surface area contributed by atoms with Gasteiger partial charge in [0.1, 0.15) is 0 Å². The number of carboxylic acids is 1. The Kier molecular flexibility index (Phi) is 9.53. The number of halogens is 3. The molecule has 1 unspecified atom stereocenters. The number of aromatic nitrogens is 1. The molecule has 0 aromatic carbocycles. The maximum Gasteiger partial charge on any atom is 0.490 e. The third kappa shape index (κ3) is 8.72. The lowest BCUT2D eigenvalue weighted by Crippen LogP contribution is -2.33. The van der Waals surface area contributed by atoms with Crippen molar-refractivity contribution >= 4 is 23.2 Å². The van der Waals surface area contributed by atoms with Crippen molar-refractivity contribution in [2.45, 2.75) is 32.2 Å². The topological polar surface area (TPSA) is 83.8 Å². The first kappa shape index (κ1) is 24.9. The Morgan fingerprint density at radius 2 is 2.06 bits per heavy atom. The molecular formula is C20H26F3N3O4S. The molecule has 0 radical (unpaired) electrons. The number of hydrogen-bond donors (Lipinski definition) is 2. The Hall–Kier alpha value is -2.37. The van der Waals surface area contributed by atoms with Crippen molar-refractivity contribution in [2.24, 2.45) is 5.92 Å². The zero-order chi connectivity index (χ0) is 22.9. The van der Waals surface area contributed by atoms with Gasteiger partial charge in [-0.3, -0.25) is 9.69 Å². The molecule has 2 aromatic heterocycles. The van der Waals surface area contributed by atoms with Crippen LogP contribution in [0.2, 0.25) is 0 Å². The summed E-state index contributed by atoms with van der Waals surface area (Å²) in [5.74, 6) is -2.32. The molecule has 3 heterocycles. The largest absolute Gasteiger partial charge is 0.490 e. The number of carbonyl (C=O) groups is 2. The maximum absolute atomic E-state index is 12.2. The van der Waals surface area contributed by atoms with Gasteiger partial charge in [0.15, 0.2) is 0 Å². The summed E-state index contributed by atoms with van der Waals surface area (Å²) in [4.78, 5) is 23.5. The molecule has 0 aliphatic carbocycles. The number of nitrogens with one attached hydrogen (secondary N) is 1. The summed E-state index contributed by atoms with van der Waals surface area (Å²) in [6.07, 6.45) is -2.40. The van der Waals surface area contributed by atoms with Crippen molar-refractivity contribution in [3.8, 4) is 0 Å². The minimum absolute atomic E-state index is 0.114. The molecule has 0 saturated heterocycles. The Labute approximate surface area is 182 Å². The van der Waals surface area contributed by atoms with E-state index >= 15 is 0 Å². The van der Waals surface area contributed by atoms with Gasteiger partial charge in [0.05, 0.1) is 6.61 Å². The first-order chi connectivity index (χ1) is 14.7. The molecule has 0 fully saturated rings. The van der Waals surface area contributed by atoms with Crippen LogP contribution in [-0.4, -0.2) is 59.4 Å². The SMILES string of the molecule is COCCNC(=O)CC1CN(Cc2ccsc2)Cc2cccn2C1.O=C(O)C(F)(F)F. The Bertz CT molecular complexity index is 824. The highest BCUT2D eigenvalue weighted by atomic mass is 32.1. The lowest BCUT2D eigenvalue weighted by Gasteiger charge is -2.23. The number of nitrogens with zero attached hydrogens (tertiary/aromatic N) is 2. The van der Waals surface area contributed by atoms with Gasteiger partial charge >= 0.3 is 12.1 Å². The zero-order valence-electron chi connectivity index (χ0n) is 17.1. The van der Waals surface area contributed by atoms with Crippen molar-refractivity contribution in [1.82, 2.24) is 14.8 Å². The van der Waals surface area contributed by atoms with Gasteiger partial charge in [-0.15, -0.1) is 0 Å². The number of hydrogen-bond acceptors (Lipinski definition) is 5. The summed E-state index contributed by atoms with van der Waals surface area (Å²) in [6, 6.07) is 6.46. The van der Waals surface area contributed by atoms with E-state index in [4.69, 9.17) is 14.6 Å². The second-order valence-corrected chi connectivity index (χ2v) is 7.95. The van der Waals surface area contributed by atoms with E-state index in [1.807, 2.05) is 0 Å². The van der Waals surface area contributed by atoms with Gasteiger partial charge in [0.2, 0.25) is 5.91 Å². The molecule has 3 rings (SSSR count). The molecule has 172 valence electrons. The van der Waals surface area contributed by atoms with Crippen molar-refractivity contribution in [3.63, 3.8) is 0 Å². The van der Waals surface area contributed by atoms with Crippen molar-refractivity contribution in [2.75, 3.05) is 26.8 Å². The zero-order valence-corrected chi connectivity index (χ0v) is 17.9. The van der Waals surface area contributed by atoms with E-state index in [0.29, 0.717) is 25.5 Å². The summed E-state index contributed by atoms with van der Waals surface area (Å²) in [7, 11) is 1.65. The Morgan fingerprint density at radius 3 is 2.68 bits per heavy atom. The molecule has 7 nitrogen and oxygen atoms in total. The van der Waals surface area contributed by atoms with Crippen LogP contribution >= 0.6 is 11.3 Å². The molecule has 1 amide bonds. The number of rotatable bonds is 7. The van der Waals surface area contributed by atoms with Gasteiger partial charge < -0.3 is 19.7 Å². The monoisotopic (exact) mass is 461 g/mol. The number of methoxy groups -OCH3 is 1. The highest BCUT2D eigenvalue weighted by Gasteiger charge is 2.38. The summed E-state index contributed by atoms with van der Waals surface area (Å²) in [5.41, 5.74) is 2.68. The van der Waals surface area contributed by atoms with E-state index in [1.54, 1.807) is 18.4 Å². The van der Waals surface area contributed by atoms with E-state index in [1.165, 1.54) is 11.3 Å². The average Bonchev–Trinajstić information content (AvgIpc) is 3.31. The van der Waals surface area contributed by atoms with Crippen molar-refractivity contribution in [1.29, 1.82) is 0 Å². The van der Waals surface area contributed by atoms with E-state index in [0.717, 1.165) is 26.2 Å². The third-order valence-electron chi connectivity index (χ3n) is 4.61. The van der Waals surface area contributed by atoms with Crippen LogP contribution in [0, 0.1) is 5.92 Å². The Balaban J connectivity index is 0.000000423. The van der Waals surface area contributed by atoms with Gasteiger partial charge in [-0.05, 0) is 40.4 Å². The molecule has 11 heteroatoms. The van der Waals surface area contributed by atoms with Gasteiger partial charge in [-0.25, -0.2) is 4.79 Å². The minimum atomic E-state index is -5.08. The maximum atomic E-state index is 12.2. The first-order valence-corrected chi connectivity index (χ1v) is 10.6. The molecule has 2 N–H and O–H groups in total. The number of carbonyl (C=O) groups excluding carboxylic acids is 1. The van der Waals surface area contributed by atoms with Crippen LogP contribution in [0.5, 0.6) is 0 Å². The molecule has 0 saturated carbocycles. The average molecular weight is 462 g/mol. The predicted octanol–water partition coefficient (Wildman–Crippen LogP) is 2.97. The molecule has 0 spiro atoms. The van der Waals surface area contributed by atoms with Gasteiger partial charge in [-0.2, -0.15) is 24.5 Å². The highest BCUT2D eigenvalue weighted by Crippen LogP contribution is 2.22. The van der Waals surface area contributed by atoms with E-state index in [-0.39, 0.29) is 5.91 Å². The molecule has 31 heavy (non-hydrogen) atoms. The molecule has 0 bridgehead atoms. The predicted molar refractivity (Wildman–Crippen MR) is 110 cm³/mol. The van der Waals surface area contributed by atoms with Crippen LogP contribution < -0.4 is 5.32 Å². The molecular weight excluding hydrogens is 435 g/mol. The van der Waals surface area contributed by atoms with Crippen LogP contribution in [0.3, 0.4) is 0 Å². The van der Waals surface area contributed by atoms with Crippen molar-refractivity contribution < 1.29 is 32.6 Å². The quantitative estimate of drug-likeness (QED) is 0.620. The fraction of sp³-hybridized carbons (Fsp3) is 0.500. The fourth-order valence-electron chi connectivity index (χ4n) is 3.28. The smallest absolute Gasteiger partial charge is 0.475 e. The van der Waals surface area contributed by atoms with Crippen LogP contribution in [-0.2, 0) is 34.0 Å². The number of aliphatic carboxylic acids is 1. The first-order valence-electron chi connectivity index (χ1n) is 9.62. The molecule has 1 atom stereocenters. The molecule has 2 aromatic rings. The number of amides is 1. The number of ether oxygens (including phenoxy) is 1. The van der Waals surface area contributed by atoms with E-state index < -0.39 is 12.1 Å². The second kappa shape index (κ2) is 11.9. The van der Waals surface area contributed by atoms with Crippen LogP contribution in [0.25, 0.3) is 0 Å². The minimum Gasteiger partial charge on any atom is -0.475 e. The lowest BCUT2D eigenvalue weighted by molar-refractivity contribution is -0.192. The standard InChI is InChI=1S/C18H25N3O2S.C2HF3O2/c1-23-7-5-19-18(22)9-16-11-20(10-15-4-8-24-14-15)13-17-3-2-6-21(17)12-16;3-2(4,5)1(6)7/h2-4,6,8,14,16H,5,7,9-13H2,1H3,(H,19,22);(H,6,7). The van der Waals surface area contributed by atoms with Gasteiger partial charge in [0, 0.05) is 58.1 Å². The second-order valence-electron chi connectivity index (χ2n) is 7.17. The highest BCUT2D eigenvalue weighted by molar-refractivity contribution is 7.07. The van der Waals surface area contributed by atoms with Gasteiger partial charge in [0.25, 0.3) is 0 Å². The normalized spacial score (nSPS) is 16.6. The number of alkyl halides is 3. The number of carboxylic acid groups (broad SMARTS) is 1. The summed E-state index contributed by atoms with van der Waals surface area (Å²) >= 11 is 1.74. The fourth-order valence-corrected chi connectivity index (χ4v) is 3.94. The van der Waals surface area contributed by atoms with E-state index in [2.05, 4.69) is 49.9 Å². The van der Waals surface area contributed by atoms with Gasteiger partial charge in [-0.1, -0.05) is 0 Å². The van der Waals surface area contributed by atoms with Crippen LogP contribution in [0.4, 0.5) is 13.2 Å². The van der Waals surface area contributed by atoms with Crippen LogP contribution in [0.15, 0.2) is 35.2 Å². The molecule has 1 aliphatic rings. The number of fused-ring (bicyclic) bond motifs is 1. The summed E-state index contributed by atoms with van der Waals surface area (Å²) < 4.78 is 39.0. The number of thiophene rings is 1. The third-order valence-corrected chi connectivity index (χ3v) is 5.34. The Morgan fingerprint density at radius 1 is 1.32 bits per heavy atom. The lowest BCUT2D eigenvalue weighted by atomic mass is 10.0. The van der Waals surface area contributed by atoms with E-state index in [9.17, 15) is 18.0 Å². The molecule has 1 aliphatic heterocycles. The summed E-state index contributed by atoms with van der Waals surface area (Å²) in [6.45, 7) is 4.86. The summed E-state index contributed by atoms with van der Waals surface area (Å²) in [5, 5.41) is 14.4. The van der Waals surface area contributed by atoms with Crippen molar-refractivity contribution in [3.05, 3.63) is 46.4 Å².